The highest BCUT2D eigenvalue weighted by Gasteiger charge is 2.08. The van der Waals surface area contributed by atoms with Gasteiger partial charge in [-0.3, -0.25) is 4.79 Å². The predicted octanol–water partition coefficient (Wildman–Crippen LogP) is 1.49. The molecule has 1 aromatic rings. The molecule has 0 saturated carbocycles. The number of benzene rings is 1. The number of nitrogens with one attached hydrogen (secondary N) is 1. The zero-order valence-corrected chi connectivity index (χ0v) is 10.6. The quantitative estimate of drug-likeness (QED) is 0.795. The fourth-order valence-electron chi connectivity index (χ4n) is 1.74. The highest BCUT2D eigenvalue weighted by molar-refractivity contribution is 5.81. The number of carbonyl (C=O) groups is 1. The molecule has 1 N–H and O–H groups in total. The van der Waals surface area contributed by atoms with Crippen molar-refractivity contribution in [2.45, 2.75) is 13.8 Å². The molecular weight excluding hydrogens is 212 g/mol. The molecule has 0 unspecified atom stereocenters. The lowest BCUT2D eigenvalue weighted by molar-refractivity contribution is -0.119. The van der Waals surface area contributed by atoms with Gasteiger partial charge in [-0.15, -0.1) is 6.42 Å². The van der Waals surface area contributed by atoms with E-state index in [9.17, 15) is 4.79 Å². The summed E-state index contributed by atoms with van der Waals surface area (Å²) in [7, 11) is 1.90. The van der Waals surface area contributed by atoms with Gasteiger partial charge in [0.25, 0.3) is 0 Å². The van der Waals surface area contributed by atoms with Gasteiger partial charge in [-0.05, 0) is 25.5 Å². The first kappa shape index (κ1) is 13.1. The summed E-state index contributed by atoms with van der Waals surface area (Å²) in [5.41, 5.74) is 3.44. The predicted molar refractivity (Wildman–Crippen MR) is 71.0 cm³/mol. The number of carbonyl (C=O) groups excluding carboxylic acids is 1. The van der Waals surface area contributed by atoms with Gasteiger partial charge in [0.05, 0.1) is 13.1 Å². The molecule has 17 heavy (non-hydrogen) atoms. The van der Waals surface area contributed by atoms with Gasteiger partial charge in [0.15, 0.2) is 0 Å². The Bertz CT molecular complexity index is 446. The van der Waals surface area contributed by atoms with Crippen LogP contribution >= 0.6 is 0 Å². The Kier molecular flexibility index (Phi) is 4.59. The lowest BCUT2D eigenvalue weighted by Gasteiger charge is -2.21. The van der Waals surface area contributed by atoms with Crippen molar-refractivity contribution >= 4 is 11.6 Å². The standard InChI is InChI=1S/C14H18N2O/c1-5-8-15-14(17)10-16(4)13-7-6-11(2)9-12(13)3/h1,6-7,9H,8,10H2,2-4H3,(H,15,17). The summed E-state index contributed by atoms with van der Waals surface area (Å²) in [6, 6.07) is 6.17. The van der Waals surface area contributed by atoms with Crippen molar-refractivity contribution in [2.75, 3.05) is 25.0 Å². The van der Waals surface area contributed by atoms with E-state index in [4.69, 9.17) is 6.42 Å². The Labute approximate surface area is 103 Å². The van der Waals surface area contributed by atoms with Gasteiger partial charge in [-0.2, -0.15) is 0 Å². The molecule has 1 aromatic carbocycles. The minimum absolute atomic E-state index is 0.0644. The lowest BCUT2D eigenvalue weighted by Crippen LogP contribution is -2.35. The van der Waals surface area contributed by atoms with Crippen LogP contribution in [0.25, 0.3) is 0 Å². The molecule has 0 saturated heterocycles. The number of hydrogen-bond acceptors (Lipinski definition) is 2. The van der Waals surface area contributed by atoms with Crippen LogP contribution in [0.3, 0.4) is 0 Å². The number of nitrogens with zero attached hydrogens (tertiary/aromatic N) is 1. The molecule has 0 aliphatic heterocycles. The van der Waals surface area contributed by atoms with E-state index >= 15 is 0 Å². The Hall–Kier alpha value is -1.95. The number of anilines is 1. The molecule has 0 fully saturated rings. The molecule has 0 aliphatic carbocycles. The maximum absolute atomic E-state index is 11.5. The number of likely N-dealkylation sites (N-methyl/N-ethyl adjacent to an activating group) is 1. The number of terminal acetylenes is 1. The fraction of sp³-hybridized carbons (Fsp3) is 0.357. The molecule has 0 bridgehead atoms. The summed E-state index contributed by atoms with van der Waals surface area (Å²) >= 11 is 0. The van der Waals surface area contributed by atoms with Crippen LogP contribution in [0.2, 0.25) is 0 Å². The zero-order valence-electron chi connectivity index (χ0n) is 10.6. The van der Waals surface area contributed by atoms with Crippen molar-refractivity contribution in [1.29, 1.82) is 0 Å². The first-order valence-electron chi connectivity index (χ1n) is 5.53. The van der Waals surface area contributed by atoms with E-state index < -0.39 is 0 Å². The van der Waals surface area contributed by atoms with Gasteiger partial charge >= 0.3 is 0 Å². The Morgan fingerprint density at radius 1 is 1.47 bits per heavy atom. The molecule has 0 heterocycles. The molecule has 1 rings (SSSR count). The van der Waals surface area contributed by atoms with Crippen molar-refractivity contribution < 1.29 is 4.79 Å². The number of amides is 1. The normalized spacial score (nSPS) is 9.53. The van der Waals surface area contributed by atoms with E-state index in [0.717, 1.165) is 11.3 Å². The van der Waals surface area contributed by atoms with Crippen LogP contribution in [-0.4, -0.2) is 26.0 Å². The van der Waals surface area contributed by atoms with Crippen molar-refractivity contribution in [3.05, 3.63) is 29.3 Å². The van der Waals surface area contributed by atoms with Crippen LogP contribution in [0.4, 0.5) is 5.69 Å². The molecule has 3 heteroatoms. The van der Waals surface area contributed by atoms with Crippen molar-refractivity contribution in [3.8, 4) is 12.3 Å². The summed E-state index contributed by atoms with van der Waals surface area (Å²) in [6.45, 7) is 4.68. The highest BCUT2D eigenvalue weighted by atomic mass is 16.2. The van der Waals surface area contributed by atoms with Crippen LogP contribution in [-0.2, 0) is 4.79 Å². The summed E-state index contributed by atoms with van der Waals surface area (Å²) in [6.07, 6.45) is 5.08. The molecule has 1 amide bonds. The van der Waals surface area contributed by atoms with Crippen LogP contribution in [0.5, 0.6) is 0 Å². The fourth-order valence-corrected chi connectivity index (χ4v) is 1.74. The third-order valence-electron chi connectivity index (χ3n) is 2.53. The molecule has 0 spiro atoms. The zero-order chi connectivity index (χ0) is 12.8. The van der Waals surface area contributed by atoms with Crippen LogP contribution < -0.4 is 10.2 Å². The Morgan fingerprint density at radius 3 is 2.76 bits per heavy atom. The molecule has 3 nitrogen and oxygen atoms in total. The molecule has 90 valence electrons. The molecule has 0 atom stereocenters. The van der Waals surface area contributed by atoms with Crippen LogP contribution in [0, 0.1) is 26.2 Å². The second-order valence-corrected chi connectivity index (χ2v) is 4.13. The second-order valence-electron chi connectivity index (χ2n) is 4.13. The minimum atomic E-state index is -0.0644. The van der Waals surface area contributed by atoms with Crippen molar-refractivity contribution in [1.82, 2.24) is 5.32 Å². The van der Waals surface area contributed by atoms with Crippen LogP contribution in [0.15, 0.2) is 18.2 Å². The maximum atomic E-state index is 11.5. The minimum Gasteiger partial charge on any atom is -0.365 e. The van der Waals surface area contributed by atoms with E-state index in [-0.39, 0.29) is 12.5 Å². The van der Waals surface area contributed by atoms with Gasteiger partial charge in [0, 0.05) is 12.7 Å². The van der Waals surface area contributed by atoms with E-state index in [1.54, 1.807) is 0 Å². The van der Waals surface area contributed by atoms with Crippen LogP contribution in [0.1, 0.15) is 11.1 Å². The Morgan fingerprint density at radius 2 is 2.18 bits per heavy atom. The van der Waals surface area contributed by atoms with Gasteiger partial charge < -0.3 is 10.2 Å². The third kappa shape index (κ3) is 3.84. The molecular formula is C14H18N2O. The largest absolute Gasteiger partial charge is 0.365 e. The van der Waals surface area contributed by atoms with Gasteiger partial charge in [-0.25, -0.2) is 0 Å². The summed E-state index contributed by atoms with van der Waals surface area (Å²) in [4.78, 5) is 13.4. The third-order valence-corrected chi connectivity index (χ3v) is 2.53. The van der Waals surface area contributed by atoms with E-state index in [1.165, 1.54) is 5.56 Å². The van der Waals surface area contributed by atoms with E-state index in [2.05, 4.69) is 24.2 Å². The second kappa shape index (κ2) is 5.95. The average molecular weight is 230 g/mol. The number of rotatable bonds is 4. The van der Waals surface area contributed by atoms with Gasteiger partial charge in [-0.1, -0.05) is 23.6 Å². The van der Waals surface area contributed by atoms with Crippen molar-refractivity contribution in [2.24, 2.45) is 0 Å². The van der Waals surface area contributed by atoms with Gasteiger partial charge in [0.2, 0.25) is 5.91 Å². The molecule has 0 aliphatic rings. The topological polar surface area (TPSA) is 32.3 Å². The van der Waals surface area contributed by atoms with Crippen molar-refractivity contribution in [3.63, 3.8) is 0 Å². The Balaban J connectivity index is 2.67. The average Bonchev–Trinajstić information content (AvgIpc) is 2.26. The van der Waals surface area contributed by atoms with E-state index in [0.29, 0.717) is 6.54 Å². The number of hydrogen-bond donors (Lipinski definition) is 1. The highest BCUT2D eigenvalue weighted by Crippen LogP contribution is 2.19. The monoisotopic (exact) mass is 230 g/mol. The summed E-state index contributed by atoms with van der Waals surface area (Å²) in [5, 5.41) is 2.65. The molecule has 0 aromatic heterocycles. The smallest absolute Gasteiger partial charge is 0.240 e. The first-order valence-corrected chi connectivity index (χ1v) is 5.53. The number of aryl methyl sites for hydroxylation is 2. The summed E-state index contributed by atoms with van der Waals surface area (Å²) < 4.78 is 0. The first-order chi connectivity index (χ1) is 8.04. The SMILES string of the molecule is C#CCNC(=O)CN(C)c1ccc(C)cc1C. The van der Waals surface area contributed by atoms with E-state index in [1.807, 2.05) is 31.0 Å². The summed E-state index contributed by atoms with van der Waals surface area (Å²) in [5.74, 6) is 2.32. The molecule has 0 radical (unpaired) electrons. The maximum Gasteiger partial charge on any atom is 0.240 e. The lowest BCUT2D eigenvalue weighted by atomic mass is 10.1. The van der Waals surface area contributed by atoms with Gasteiger partial charge in [0.1, 0.15) is 0 Å².